The number of hydrogen-bond acceptors (Lipinski definition) is 1. The van der Waals surface area contributed by atoms with E-state index in [0.717, 1.165) is 0 Å². The van der Waals surface area contributed by atoms with Gasteiger partial charge in [-0.3, -0.25) is 9.63 Å². The van der Waals surface area contributed by atoms with Crippen molar-refractivity contribution in [2.45, 2.75) is 0 Å². The summed E-state index contributed by atoms with van der Waals surface area (Å²) >= 11 is 4.51. The SMILES string of the molecule is O=[C]NCl. The molecule has 0 aliphatic heterocycles. The van der Waals surface area contributed by atoms with E-state index < -0.39 is 0 Å². The molecule has 0 atom stereocenters. The van der Waals surface area contributed by atoms with Gasteiger partial charge < -0.3 is 0 Å². The van der Waals surface area contributed by atoms with E-state index in [4.69, 9.17) is 4.79 Å². The molecule has 0 heterocycles. The lowest BCUT2D eigenvalue weighted by Crippen LogP contribution is -1.87. The van der Waals surface area contributed by atoms with Crippen LogP contribution < -0.4 is 4.84 Å². The zero-order valence-electron chi connectivity index (χ0n) is 1.79. The van der Waals surface area contributed by atoms with Crippen LogP contribution in [0, 0.1) is 0 Å². The van der Waals surface area contributed by atoms with Crippen LogP contribution in [0.5, 0.6) is 0 Å². The molecule has 0 saturated heterocycles. The molecule has 23 valence electrons. The maximum Gasteiger partial charge on any atom is 0.324 e. The van der Waals surface area contributed by atoms with Crippen LogP contribution in [0.15, 0.2) is 0 Å². The molecule has 1 amide bonds. The molecule has 4 heavy (non-hydrogen) atoms. The Balaban J connectivity index is 2.30. The van der Waals surface area contributed by atoms with Crippen molar-refractivity contribution in [1.82, 2.24) is 4.84 Å². The van der Waals surface area contributed by atoms with E-state index in [0.29, 0.717) is 0 Å². The van der Waals surface area contributed by atoms with Gasteiger partial charge in [0.2, 0.25) is 0 Å². The van der Waals surface area contributed by atoms with Crippen molar-refractivity contribution in [1.29, 1.82) is 0 Å². The number of hydrogen-bond donors (Lipinski definition) is 1. The Labute approximate surface area is 28.9 Å². The quantitative estimate of drug-likeness (QED) is 0.341. The number of amides is 1. The topological polar surface area (TPSA) is 29.1 Å². The van der Waals surface area contributed by atoms with E-state index >= 15 is 0 Å². The fourth-order valence-corrected chi connectivity index (χ4v) is 0. The Morgan fingerprint density at radius 2 is 2.25 bits per heavy atom. The van der Waals surface area contributed by atoms with Gasteiger partial charge in [0.25, 0.3) is 0 Å². The predicted octanol–water partition coefficient (Wildman–Crippen LogP) is -0.203. The highest BCUT2D eigenvalue weighted by Gasteiger charge is 1.51. The molecular weight excluding hydrogens is 77.5 g/mol. The Kier molecular flexibility index (Phi) is 2.59. The molecule has 2 nitrogen and oxygen atoms in total. The standard InChI is InChI=1S/CHClNO/c2-3-1-4/h(H,3,4). The number of carbonyl (C=O) groups excluding carboxylic acids is 1. The Morgan fingerprint density at radius 3 is 2.25 bits per heavy atom. The van der Waals surface area contributed by atoms with Crippen LogP contribution in [-0.2, 0) is 4.79 Å². The van der Waals surface area contributed by atoms with Gasteiger partial charge in [-0.2, -0.15) is 0 Å². The van der Waals surface area contributed by atoms with Crippen LogP contribution in [0.4, 0.5) is 0 Å². The van der Waals surface area contributed by atoms with Gasteiger partial charge in [-0.25, -0.2) is 0 Å². The Hall–Kier alpha value is -0.240. The molecule has 0 aliphatic rings. The summed E-state index contributed by atoms with van der Waals surface area (Å²) in [6.07, 6.45) is 1.20. The van der Waals surface area contributed by atoms with Crippen molar-refractivity contribution < 1.29 is 4.79 Å². The highest BCUT2D eigenvalue weighted by molar-refractivity contribution is 6.18. The molecule has 0 aromatic carbocycles. The van der Waals surface area contributed by atoms with Crippen molar-refractivity contribution in [3.63, 3.8) is 0 Å². The number of halogens is 1. The van der Waals surface area contributed by atoms with E-state index in [9.17, 15) is 0 Å². The van der Waals surface area contributed by atoms with Gasteiger partial charge in [0.1, 0.15) is 0 Å². The second kappa shape index (κ2) is 2.76. The molecule has 0 saturated carbocycles. The van der Waals surface area contributed by atoms with Gasteiger partial charge in [0, 0.05) is 11.8 Å². The molecule has 3 heteroatoms. The molecule has 0 bridgehead atoms. The highest BCUT2D eigenvalue weighted by Crippen LogP contribution is 1.41. The number of rotatable bonds is 1. The summed E-state index contributed by atoms with van der Waals surface area (Å²) in [4.78, 5) is 10.4. The van der Waals surface area contributed by atoms with Crippen LogP contribution in [-0.4, -0.2) is 6.41 Å². The van der Waals surface area contributed by atoms with Crippen LogP contribution in [0.3, 0.4) is 0 Å². The number of nitrogens with one attached hydrogen (secondary N) is 1. The summed E-state index contributed by atoms with van der Waals surface area (Å²) in [6, 6.07) is 0. The van der Waals surface area contributed by atoms with Crippen LogP contribution in [0.25, 0.3) is 0 Å². The monoisotopic (exact) mass is 78.0 g/mol. The summed E-state index contributed by atoms with van der Waals surface area (Å²) in [5, 5.41) is 0. The van der Waals surface area contributed by atoms with E-state index in [1.165, 1.54) is 6.41 Å². The second-order valence-corrected chi connectivity index (χ2v) is 0.386. The third-order valence-electron chi connectivity index (χ3n) is 0.0386. The predicted molar refractivity (Wildman–Crippen MR) is 14.7 cm³/mol. The van der Waals surface area contributed by atoms with Crippen LogP contribution in [0.1, 0.15) is 0 Å². The minimum absolute atomic E-state index is 1.20. The normalized spacial score (nSPS) is 5.25. The second-order valence-electron chi connectivity index (χ2n) is 0.197. The average molecular weight is 78.5 g/mol. The van der Waals surface area contributed by atoms with Gasteiger partial charge in [-0.1, -0.05) is 0 Å². The van der Waals surface area contributed by atoms with Crippen molar-refractivity contribution in [3.05, 3.63) is 0 Å². The summed E-state index contributed by atoms with van der Waals surface area (Å²) in [5.41, 5.74) is 0. The smallest absolute Gasteiger partial charge is 0.262 e. The molecular formula is CHClNO. The zero-order valence-corrected chi connectivity index (χ0v) is 2.54. The lowest BCUT2D eigenvalue weighted by Gasteiger charge is -1.56. The fraction of sp³-hybridized carbons (Fsp3) is 0. The van der Waals surface area contributed by atoms with Gasteiger partial charge in [-0.15, -0.1) is 0 Å². The largest absolute Gasteiger partial charge is 0.324 e. The highest BCUT2D eigenvalue weighted by atomic mass is 35.5. The molecule has 1 N–H and O–H groups in total. The summed E-state index contributed by atoms with van der Waals surface area (Å²) < 4.78 is 0. The summed E-state index contributed by atoms with van der Waals surface area (Å²) in [7, 11) is 0. The molecule has 0 rings (SSSR count). The maximum absolute atomic E-state index is 8.81. The van der Waals surface area contributed by atoms with E-state index in [-0.39, 0.29) is 0 Å². The molecule has 1 radical (unpaired) electrons. The van der Waals surface area contributed by atoms with E-state index in [2.05, 4.69) is 11.8 Å². The first-order chi connectivity index (χ1) is 1.91. The third-order valence-corrected chi connectivity index (χ3v) is 0.116. The molecule has 0 aromatic rings. The van der Waals surface area contributed by atoms with Gasteiger partial charge in [0.15, 0.2) is 0 Å². The molecule has 0 aromatic heterocycles. The van der Waals surface area contributed by atoms with Crippen LogP contribution >= 0.6 is 11.8 Å². The third kappa shape index (κ3) is 1.76. The van der Waals surface area contributed by atoms with Crippen molar-refractivity contribution >= 4 is 18.2 Å². The molecule has 0 fully saturated rings. The van der Waals surface area contributed by atoms with Gasteiger partial charge >= 0.3 is 6.41 Å². The van der Waals surface area contributed by atoms with Gasteiger partial charge in [0.05, 0.1) is 0 Å². The van der Waals surface area contributed by atoms with Crippen LogP contribution in [0.2, 0.25) is 0 Å². The summed E-state index contributed by atoms with van der Waals surface area (Å²) in [5.74, 6) is 0. The van der Waals surface area contributed by atoms with Gasteiger partial charge in [-0.05, 0) is 0 Å². The minimum atomic E-state index is 1.20. The van der Waals surface area contributed by atoms with E-state index in [1.807, 2.05) is 0 Å². The minimum Gasteiger partial charge on any atom is -0.262 e. The summed E-state index contributed by atoms with van der Waals surface area (Å²) in [6.45, 7) is 0. The fourth-order valence-electron chi connectivity index (χ4n) is 0. The first-order valence-corrected chi connectivity index (χ1v) is 1.02. The lowest BCUT2D eigenvalue weighted by atomic mass is 11.5. The van der Waals surface area contributed by atoms with E-state index in [1.54, 1.807) is 4.84 Å². The van der Waals surface area contributed by atoms with Crippen molar-refractivity contribution in [3.8, 4) is 0 Å². The molecule has 0 spiro atoms. The first kappa shape index (κ1) is 3.76. The molecule has 0 aliphatic carbocycles. The average Bonchev–Trinajstić information content (AvgIpc) is 1.37. The molecule has 0 unspecified atom stereocenters. The zero-order chi connectivity index (χ0) is 3.41. The Bertz CT molecular complexity index is 22.0. The Morgan fingerprint density at radius 1 is 2.00 bits per heavy atom. The van der Waals surface area contributed by atoms with Crippen molar-refractivity contribution in [2.75, 3.05) is 0 Å². The maximum atomic E-state index is 8.81. The first-order valence-electron chi connectivity index (χ1n) is 0.643. The lowest BCUT2D eigenvalue weighted by molar-refractivity contribution is 0.554. The van der Waals surface area contributed by atoms with Crippen molar-refractivity contribution in [2.24, 2.45) is 0 Å².